The van der Waals surface area contributed by atoms with Crippen LogP contribution in [0.5, 0.6) is 11.5 Å². The number of nitrogens with zero attached hydrogens (tertiary/aromatic N) is 2. The molecule has 2 aromatic carbocycles. The second-order valence-electron chi connectivity index (χ2n) is 7.97. The highest BCUT2D eigenvalue weighted by molar-refractivity contribution is 5.99. The summed E-state index contributed by atoms with van der Waals surface area (Å²) in [4.78, 5) is 30.7. The monoisotopic (exact) mass is 436 g/mol. The first-order valence-electron chi connectivity index (χ1n) is 10.9. The van der Waals surface area contributed by atoms with Crippen molar-refractivity contribution in [1.29, 1.82) is 0 Å². The summed E-state index contributed by atoms with van der Waals surface area (Å²) in [5, 5.41) is 0.431. The number of ether oxygens (including phenoxy) is 2. The Morgan fingerprint density at radius 2 is 1.72 bits per heavy atom. The highest BCUT2D eigenvalue weighted by Gasteiger charge is 2.42. The zero-order valence-corrected chi connectivity index (χ0v) is 18.9. The Kier molecular flexibility index (Phi) is 6.19. The van der Waals surface area contributed by atoms with E-state index in [0.717, 1.165) is 5.56 Å². The van der Waals surface area contributed by atoms with E-state index < -0.39 is 6.04 Å². The lowest BCUT2D eigenvalue weighted by atomic mass is 9.98. The molecule has 32 heavy (non-hydrogen) atoms. The van der Waals surface area contributed by atoms with E-state index in [4.69, 9.17) is 13.9 Å². The number of benzene rings is 2. The minimum absolute atomic E-state index is 0.0988. The van der Waals surface area contributed by atoms with E-state index in [0.29, 0.717) is 54.3 Å². The summed E-state index contributed by atoms with van der Waals surface area (Å²) in [6.07, 6.45) is 0. The van der Waals surface area contributed by atoms with Gasteiger partial charge in [0, 0.05) is 19.2 Å². The fourth-order valence-electron chi connectivity index (χ4n) is 4.08. The number of hydrogen-bond acceptors (Lipinski definition) is 6. The second kappa shape index (κ2) is 9.04. The Balaban J connectivity index is 1.89. The van der Waals surface area contributed by atoms with Gasteiger partial charge < -0.3 is 23.7 Å². The Morgan fingerprint density at radius 3 is 2.41 bits per heavy atom. The molecule has 0 N–H and O–H groups in total. The van der Waals surface area contributed by atoms with Gasteiger partial charge in [0.25, 0.3) is 5.91 Å². The predicted octanol–water partition coefficient (Wildman–Crippen LogP) is 3.70. The van der Waals surface area contributed by atoms with Crippen molar-refractivity contribution < 1.29 is 18.7 Å². The van der Waals surface area contributed by atoms with Crippen LogP contribution in [0.2, 0.25) is 0 Å². The molecule has 0 fully saturated rings. The van der Waals surface area contributed by atoms with Gasteiger partial charge in [0.15, 0.2) is 5.43 Å². The molecule has 0 aliphatic carbocycles. The van der Waals surface area contributed by atoms with Gasteiger partial charge in [0.05, 0.1) is 30.2 Å². The molecule has 4 rings (SSSR count). The minimum atomic E-state index is -0.537. The first kappa shape index (κ1) is 21.9. The van der Waals surface area contributed by atoms with E-state index in [-0.39, 0.29) is 17.1 Å². The lowest BCUT2D eigenvalue weighted by Crippen LogP contribution is -2.35. The molecule has 7 heteroatoms. The van der Waals surface area contributed by atoms with Crippen molar-refractivity contribution in [2.45, 2.75) is 19.9 Å². The summed E-state index contributed by atoms with van der Waals surface area (Å²) in [6, 6.07) is 12.1. The Hall–Kier alpha value is -3.32. The van der Waals surface area contributed by atoms with E-state index >= 15 is 0 Å². The number of amides is 1. The molecule has 3 aromatic rings. The Morgan fingerprint density at radius 1 is 1.00 bits per heavy atom. The molecular weight excluding hydrogens is 408 g/mol. The molecule has 1 aliphatic rings. The van der Waals surface area contributed by atoms with Crippen molar-refractivity contribution in [2.75, 3.05) is 40.4 Å². The first-order valence-corrected chi connectivity index (χ1v) is 10.9. The third-order valence-electron chi connectivity index (χ3n) is 5.52. The number of fused-ring (bicyclic) bond motifs is 2. The minimum Gasteiger partial charge on any atom is -0.494 e. The van der Waals surface area contributed by atoms with Crippen LogP contribution in [0.1, 0.15) is 41.6 Å². The van der Waals surface area contributed by atoms with Gasteiger partial charge in [0.2, 0.25) is 5.76 Å². The van der Waals surface area contributed by atoms with Gasteiger partial charge in [0.1, 0.15) is 17.1 Å². The van der Waals surface area contributed by atoms with E-state index in [1.807, 2.05) is 57.1 Å². The normalized spacial score (nSPS) is 15.5. The van der Waals surface area contributed by atoms with Gasteiger partial charge in [-0.15, -0.1) is 0 Å². The van der Waals surface area contributed by atoms with Gasteiger partial charge in [-0.05, 0) is 57.8 Å². The van der Waals surface area contributed by atoms with Crippen LogP contribution in [0.4, 0.5) is 0 Å². The molecule has 2 heterocycles. The molecule has 1 atom stereocenters. The van der Waals surface area contributed by atoms with Crippen LogP contribution in [0, 0.1) is 0 Å². The van der Waals surface area contributed by atoms with E-state index in [1.165, 1.54) is 0 Å². The maximum absolute atomic E-state index is 13.6. The lowest BCUT2D eigenvalue weighted by Gasteiger charge is -2.26. The quantitative estimate of drug-likeness (QED) is 0.536. The maximum Gasteiger partial charge on any atom is 0.290 e. The number of hydrogen-bond donors (Lipinski definition) is 0. The molecule has 1 aromatic heterocycles. The average Bonchev–Trinajstić information content (AvgIpc) is 3.05. The SMILES string of the molecule is CCOc1cccc(C2c3c(oc4cc(OCC)ccc4c3=O)C(=O)N2CCN(C)C)c1. The zero-order chi connectivity index (χ0) is 22.8. The van der Waals surface area contributed by atoms with E-state index in [1.54, 1.807) is 23.1 Å². The maximum atomic E-state index is 13.6. The van der Waals surface area contributed by atoms with Crippen molar-refractivity contribution in [3.05, 3.63) is 69.6 Å². The van der Waals surface area contributed by atoms with Crippen LogP contribution in [-0.2, 0) is 0 Å². The molecule has 1 unspecified atom stereocenters. The summed E-state index contributed by atoms with van der Waals surface area (Å²) < 4.78 is 17.2. The van der Waals surface area contributed by atoms with Crippen LogP contribution >= 0.6 is 0 Å². The molecular formula is C25H28N2O5. The molecule has 0 saturated heterocycles. The number of carbonyl (C=O) groups excluding carboxylic acids is 1. The molecule has 1 aliphatic heterocycles. The molecule has 0 spiro atoms. The van der Waals surface area contributed by atoms with Gasteiger partial charge in [-0.2, -0.15) is 0 Å². The summed E-state index contributed by atoms with van der Waals surface area (Å²) in [5.41, 5.74) is 1.35. The van der Waals surface area contributed by atoms with Gasteiger partial charge in [-0.1, -0.05) is 12.1 Å². The van der Waals surface area contributed by atoms with Gasteiger partial charge >= 0.3 is 0 Å². The summed E-state index contributed by atoms with van der Waals surface area (Å²) >= 11 is 0. The standard InChI is InChI=1S/C25H28N2O5/c1-5-30-17-9-7-8-16(14-17)22-21-23(28)19-11-10-18(31-6-2)15-20(19)32-24(21)25(29)27(22)13-12-26(3)4/h7-11,14-15,22H,5-6,12-13H2,1-4H3. The zero-order valence-electron chi connectivity index (χ0n) is 18.9. The largest absolute Gasteiger partial charge is 0.494 e. The third-order valence-corrected chi connectivity index (χ3v) is 5.52. The van der Waals surface area contributed by atoms with Crippen LogP contribution in [0.15, 0.2) is 51.7 Å². The Bertz CT molecular complexity index is 1200. The third kappa shape index (κ3) is 3.96. The van der Waals surface area contributed by atoms with Gasteiger partial charge in [-0.25, -0.2) is 0 Å². The van der Waals surface area contributed by atoms with E-state index in [2.05, 4.69) is 0 Å². The molecule has 168 valence electrons. The fourth-order valence-corrected chi connectivity index (χ4v) is 4.08. The molecule has 0 saturated carbocycles. The highest BCUT2D eigenvalue weighted by Crippen LogP contribution is 2.39. The van der Waals surface area contributed by atoms with Gasteiger partial charge in [-0.3, -0.25) is 9.59 Å². The van der Waals surface area contributed by atoms with Crippen LogP contribution < -0.4 is 14.9 Å². The van der Waals surface area contributed by atoms with Crippen LogP contribution in [-0.4, -0.2) is 56.1 Å². The molecule has 7 nitrogen and oxygen atoms in total. The van der Waals surface area contributed by atoms with Crippen LogP contribution in [0.25, 0.3) is 11.0 Å². The fraction of sp³-hybridized carbons (Fsp3) is 0.360. The topological polar surface area (TPSA) is 72.2 Å². The van der Waals surface area contributed by atoms with Crippen molar-refractivity contribution >= 4 is 16.9 Å². The predicted molar refractivity (Wildman–Crippen MR) is 123 cm³/mol. The van der Waals surface area contributed by atoms with Crippen molar-refractivity contribution in [3.8, 4) is 11.5 Å². The average molecular weight is 437 g/mol. The summed E-state index contributed by atoms with van der Waals surface area (Å²) in [6.45, 7) is 5.94. The molecule has 1 amide bonds. The number of likely N-dealkylation sites (N-methyl/N-ethyl adjacent to an activating group) is 1. The lowest BCUT2D eigenvalue weighted by molar-refractivity contribution is 0.0716. The van der Waals surface area contributed by atoms with Crippen molar-refractivity contribution in [3.63, 3.8) is 0 Å². The molecule has 0 radical (unpaired) electrons. The highest BCUT2D eigenvalue weighted by atomic mass is 16.5. The van der Waals surface area contributed by atoms with Crippen molar-refractivity contribution in [2.24, 2.45) is 0 Å². The van der Waals surface area contributed by atoms with Crippen LogP contribution in [0.3, 0.4) is 0 Å². The second-order valence-corrected chi connectivity index (χ2v) is 7.97. The number of carbonyl (C=O) groups is 1. The van der Waals surface area contributed by atoms with Crippen molar-refractivity contribution in [1.82, 2.24) is 9.80 Å². The summed E-state index contributed by atoms with van der Waals surface area (Å²) in [7, 11) is 3.90. The first-order chi connectivity index (χ1) is 15.4. The number of rotatable bonds is 8. The van der Waals surface area contributed by atoms with E-state index in [9.17, 15) is 9.59 Å². The smallest absolute Gasteiger partial charge is 0.290 e. The Labute approximate surface area is 187 Å². The molecule has 0 bridgehead atoms. The summed E-state index contributed by atoms with van der Waals surface area (Å²) in [5.74, 6) is 1.11.